The molecular formula is C15H24N2O3. The average Bonchev–Trinajstić information content (AvgIpc) is 2.96. The van der Waals surface area contributed by atoms with Gasteiger partial charge in [-0.2, -0.15) is 4.98 Å². The van der Waals surface area contributed by atoms with Crippen LogP contribution in [0.2, 0.25) is 0 Å². The van der Waals surface area contributed by atoms with Crippen molar-refractivity contribution < 1.29 is 14.4 Å². The molecule has 2 rings (SSSR count). The number of aliphatic carboxylic acids is 1. The van der Waals surface area contributed by atoms with Crippen molar-refractivity contribution in [2.75, 3.05) is 0 Å². The molecule has 0 aliphatic heterocycles. The van der Waals surface area contributed by atoms with E-state index >= 15 is 0 Å². The SMILES string of the molecule is CC(C)CCc1noc(CC2(CC(=O)O)CCCC2)n1. The van der Waals surface area contributed by atoms with E-state index in [4.69, 9.17) is 9.63 Å². The van der Waals surface area contributed by atoms with Crippen LogP contribution >= 0.6 is 0 Å². The predicted molar refractivity (Wildman–Crippen MR) is 74.3 cm³/mol. The summed E-state index contributed by atoms with van der Waals surface area (Å²) in [6.07, 6.45) is 6.77. The van der Waals surface area contributed by atoms with E-state index in [0.717, 1.165) is 44.3 Å². The number of carboxylic acids is 1. The fourth-order valence-corrected chi connectivity index (χ4v) is 3.06. The maximum atomic E-state index is 11.1. The molecule has 0 saturated heterocycles. The van der Waals surface area contributed by atoms with Gasteiger partial charge in [0.25, 0.3) is 0 Å². The Bertz CT molecular complexity index is 448. The highest BCUT2D eigenvalue weighted by Crippen LogP contribution is 2.43. The number of nitrogens with zero attached hydrogens (tertiary/aromatic N) is 2. The standard InChI is InChI=1S/C15H24N2O3/c1-11(2)5-6-12-16-13(20-17-12)9-15(10-14(18)19)7-3-4-8-15/h11H,3-10H2,1-2H3,(H,18,19). The van der Waals surface area contributed by atoms with Crippen molar-refractivity contribution in [2.24, 2.45) is 11.3 Å². The van der Waals surface area contributed by atoms with Crippen molar-refractivity contribution in [1.29, 1.82) is 0 Å². The lowest BCUT2D eigenvalue weighted by molar-refractivity contribution is -0.139. The number of carbonyl (C=O) groups is 1. The molecule has 0 aromatic carbocycles. The third-order valence-electron chi connectivity index (χ3n) is 4.17. The number of carboxylic acid groups (broad SMARTS) is 1. The van der Waals surface area contributed by atoms with Gasteiger partial charge in [0.05, 0.1) is 6.42 Å². The van der Waals surface area contributed by atoms with Crippen LogP contribution in [0.4, 0.5) is 0 Å². The van der Waals surface area contributed by atoms with Crippen LogP contribution in [0.15, 0.2) is 4.52 Å². The Balaban J connectivity index is 1.98. The van der Waals surface area contributed by atoms with Gasteiger partial charge < -0.3 is 9.63 Å². The van der Waals surface area contributed by atoms with E-state index < -0.39 is 5.97 Å². The van der Waals surface area contributed by atoms with Gasteiger partial charge in [0.2, 0.25) is 5.89 Å². The molecule has 1 saturated carbocycles. The average molecular weight is 280 g/mol. The van der Waals surface area contributed by atoms with Gasteiger partial charge in [-0.05, 0) is 30.6 Å². The molecule has 0 radical (unpaired) electrons. The van der Waals surface area contributed by atoms with Crippen molar-refractivity contribution in [1.82, 2.24) is 10.1 Å². The Morgan fingerprint density at radius 1 is 1.40 bits per heavy atom. The summed E-state index contributed by atoms with van der Waals surface area (Å²) in [7, 11) is 0. The zero-order valence-corrected chi connectivity index (χ0v) is 12.4. The Morgan fingerprint density at radius 2 is 2.10 bits per heavy atom. The van der Waals surface area contributed by atoms with E-state index in [9.17, 15) is 4.79 Å². The zero-order valence-electron chi connectivity index (χ0n) is 12.4. The van der Waals surface area contributed by atoms with Gasteiger partial charge in [-0.25, -0.2) is 0 Å². The highest BCUT2D eigenvalue weighted by atomic mass is 16.5. The molecule has 1 aliphatic carbocycles. The predicted octanol–water partition coefficient (Wildman–Crippen LogP) is 3.24. The van der Waals surface area contributed by atoms with E-state index in [1.54, 1.807) is 0 Å². The van der Waals surface area contributed by atoms with Crippen LogP contribution in [0.1, 0.15) is 64.1 Å². The number of aryl methyl sites for hydroxylation is 1. The van der Waals surface area contributed by atoms with Crippen molar-refractivity contribution in [2.45, 2.75) is 65.2 Å². The van der Waals surface area contributed by atoms with Crippen LogP contribution in [0, 0.1) is 11.3 Å². The first-order valence-electron chi connectivity index (χ1n) is 7.52. The van der Waals surface area contributed by atoms with Gasteiger partial charge in [-0.1, -0.05) is 31.8 Å². The minimum atomic E-state index is -0.730. The summed E-state index contributed by atoms with van der Waals surface area (Å²) in [6.45, 7) is 4.34. The van der Waals surface area contributed by atoms with Gasteiger partial charge >= 0.3 is 5.97 Å². The second-order valence-electron chi connectivity index (χ2n) is 6.49. The van der Waals surface area contributed by atoms with Crippen LogP contribution < -0.4 is 0 Å². The molecule has 1 aliphatic rings. The van der Waals surface area contributed by atoms with E-state index in [2.05, 4.69) is 24.0 Å². The summed E-state index contributed by atoms with van der Waals surface area (Å²) in [6, 6.07) is 0. The van der Waals surface area contributed by atoms with Gasteiger partial charge in [-0.3, -0.25) is 4.79 Å². The normalized spacial score (nSPS) is 17.8. The lowest BCUT2D eigenvalue weighted by atomic mass is 9.79. The lowest BCUT2D eigenvalue weighted by Gasteiger charge is -2.24. The molecule has 1 heterocycles. The van der Waals surface area contributed by atoms with E-state index in [1.807, 2.05) is 0 Å². The number of hydrogen-bond donors (Lipinski definition) is 1. The number of hydrogen-bond acceptors (Lipinski definition) is 4. The molecule has 0 amide bonds. The Labute approximate surface area is 119 Å². The third-order valence-corrected chi connectivity index (χ3v) is 4.17. The summed E-state index contributed by atoms with van der Waals surface area (Å²) < 4.78 is 5.31. The summed E-state index contributed by atoms with van der Waals surface area (Å²) >= 11 is 0. The summed E-state index contributed by atoms with van der Waals surface area (Å²) in [5.41, 5.74) is -0.173. The highest BCUT2D eigenvalue weighted by Gasteiger charge is 2.37. The molecule has 0 bridgehead atoms. The van der Waals surface area contributed by atoms with Gasteiger partial charge in [-0.15, -0.1) is 0 Å². The molecule has 20 heavy (non-hydrogen) atoms. The van der Waals surface area contributed by atoms with Crippen LogP contribution in [0.25, 0.3) is 0 Å². The fourth-order valence-electron chi connectivity index (χ4n) is 3.06. The molecule has 1 aromatic rings. The molecule has 0 spiro atoms. The zero-order chi connectivity index (χ0) is 14.6. The first kappa shape index (κ1) is 15.0. The Kier molecular flexibility index (Phi) is 4.78. The summed E-state index contributed by atoms with van der Waals surface area (Å²) in [4.78, 5) is 15.5. The Morgan fingerprint density at radius 3 is 2.70 bits per heavy atom. The molecule has 5 heteroatoms. The molecule has 5 nitrogen and oxygen atoms in total. The van der Waals surface area contributed by atoms with Crippen molar-refractivity contribution in [3.05, 3.63) is 11.7 Å². The second-order valence-corrected chi connectivity index (χ2v) is 6.49. The van der Waals surface area contributed by atoms with Crippen molar-refractivity contribution in [3.63, 3.8) is 0 Å². The second kappa shape index (κ2) is 6.37. The monoisotopic (exact) mass is 280 g/mol. The Hall–Kier alpha value is -1.39. The fraction of sp³-hybridized carbons (Fsp3) is 0.800. The van der Waals surface area contributed by atoms with Crippen molar-refractivity contribution in [3.8, 4) is 0 Å². The largest absolute Gasteiger partial charge is 0.481 e. The van der Waals surface area contributed by atoms with E-state index in [0.29, 0.717) is 18.2 Å². The maximum absolute atomic E-state index is 11.1. The number of aromatic nitrogens is 2. The van der Waals surface area contributed by atoms with Gasteiger partial charge in [0, 0.05) is 12.8 Å². The molecule has 0 atom stereocenters. The third kappa shape index (κ3) is 4.05. The first-order valence-corrected chi connectivity index (χ1v) is 7.52. The minimum absolute atomic E-state index is 0.173. The van der Waals surface area contributed by atoms with Crippen LogP contribution in [0.5, 0.6) is 0 Å². The van der Waals surface area contributed by atoms with Crippen LogP contribution in [0.3, 0.4) is 0 Å². The molecule has 1 fully saturated rings. The number of rotatable bonds is 7. The van der Waals surface area contributed by atoms with E-state index in [1.165, 1.54) is 0 Å². The summed E-state index contributed by atoms with van der Waals surface area (Å²) in [5.74, 6) is 1.24. The molecular weight excluding hydrogens is 256 g/mol. The van der Waals surface area contributed by atoms with Crippen molar-refractivity contribution >= 4 is 5.97 Å². The van der Waals surface area contributed by atoms with Gasteiger partial charge in [0.1, 0.15) is 0 Å². The molecule has 1 N–H and O–H groups in total. The summed E-state index contributed by atoms with van der Waals surface area (Å²) in [5, 5.41) is 13.1. The van der Waals surface area contributed by atoms with Crippen LogP contribution in [-0.2, 0) is 17.6 Å². The minimum Gasteiger partial charge on any atom is -0.481 e. The van der Waals surface area contributed by atoms with E-state index in [-0.39, 0.29) is 11.8 Å². The molecule has 112 valence electrons. The maximum Gasteiger partial charge on any atom is 0.303 e. The van der Waals surface area contributed by atoms with Crippen LogP contribution in [-0.4, -0.2) is 21.2 Å². The van der Waals surface area contributed by atoms with Gasteiger partial charge in [0.15, 0.2) is 5.82 Å². The molecule has 1 aromatic heterocycles. The molecule has 0 unspecified atom stereocenters. The highest BCUT2D eigenvalue weighted by molar-refractivity contribution is 5.67. The lowest BCUT2D eigenvalue weighted by Crippen LogP contribution is -2.24. The quantitative estimate of drug-likeness (QED) is 0.829. The topological polar surface area (TPSA) is 76.2 Å². The smallest absolute Gasteiger partial charge is 0.303 e. The first-order chi connectivity index (χ1) is 9.49.